The summed E-state index contributed by atoms with van der Waals surface area (Å²) in [7, 11) is 0. The molecule has 21 heavy (non-hydrogen) atoms. The molecule has 4 aliphatic rings. The van der Waals surface area contributed by atoms with E-state index in [2.05, 4.69) is 10.2 Å². The van der Waals surface area contributed by atoms with Gasteiger partial charge < -0.3 is 5.11 Å². The van der Waals surface area contributed by atoms with Crippen LogP contribution in [0.5, 0.6) is 0 Å². The number of nitrogens with one attached hydrogen (secondary N) is 1. The fourth-order valence-corrected chi connectivity index (χ4v) is 5.13. The lowest BCUT2D eigenvalue weighted by Gasteiger charge is -2.42. The van der Waals surface area contributed by atoms with Gasteiger partial charge in [-0.3, -0.25) is 15.0 Å². The van der Waals surface area contributed by atoms with Crippen molar-refractivity contribution in [3.63, 3.8) is 0 Å². The lowest BCUT2D eigenvalue weighted by atomic mass is 9.78. The summed E-state index contributed by atoms with van der Waals surface area (Å²) in [5, 5.41) is 13.3. The first-order chi connectivity index (χ1) is 10.2. The predicted molar refractivity (Wildman–Crippen MR) is 81.2 cm³/mol. The highest BCUT2D eigenvalue weighted by atomic mass is 16.4. The average Bonchev–Trinajstić information content (AvgIpc) is 2.99. The average molecular weight is 292 g/mol. The van der Waals surface area contributed by atoms with Gasteiger partial charge in [-0.05, 0) is 63.2 Å². The molecule has 0 amide bonds. The molecule has 4 fully saturated rings. The number of aliphatic carboxylic acids is 1. The van der Waals surface area contributed by atoms with Gasteiger partial charge in [0.15, 0.2) is 0 Å². The Bertz CT molecular complexity index is 411. The monoisotopic (exact) mass is 292 g/mol. The van der Waals surface area contributed by atoms with E-state index in [9.17, 15) is 9.90 Å². The Balaban J connectivity index is 1.45. The van der Waals surface area contributed by atoms with Crippen molar-refractivity contribution in [1.29, 1.82) is 0 Å². The number of hydrogen-bond acceptors (Lipinski definition) is 3. The minimum atomic E-state index is -0.637. The Kier molecular flexibility index (Phi) is 3.49. The fourth-order valence-electron chi connectivity index (χ4n) is 5.13. The second-order valence-electron chi connectivity index (χ2n) is 7.96. The minimum absolute atomic E-state index is 0.470. The molecule has 4 nitrogen and oxygen atoms in total. The van der Waals surface area contributed by atoms with Gasteiger partial charge >= 0.3 is 5.97 Å². The largest absolute Gasteiger partial charge is 0.480 e. The van der Waals surface area contributed by atoms with Crippen molar-refractivity contribution in [2.24, 2.45) is 11.8 Å². The van der Waals surface area contributed by atoms with Crippen molar-refractivity contribution in [3.05, 3.63) is 0 Å². The highest BCUT2D eigenvalue weighted by molar-refractivity contribution is 5.79. The van der Waals surface area contributed by atoms with Gasteiger partial charge in [-0.25, -0.2) is 0 Å². The highest BCUT2D eigenvalue weighted by Gasteiger charge is 2.48. The van der Waals surface area contributed by atoms with Crippen LogP contribution in [0.1, 0.15) is 57.8 Å². The van der Waals surface area contributed by atoms with Crippen LogP contribution in [0.4, 0.5) is 0 Å². The summed E-state index contributed by atoms with van der Waals surface area (Å²) in [5.41, 5.74) is -0.637. The Labute approximate surface area is 127 Å². The molecule has 0 aromatic rings. The summed E-state index contributed by atoms with van der Waals surface area (Å²) in [6, 6.07) is 0.963. The van der Waals surface area contributed by atoms with Gasteiger partial charge in [-0.2, -0.15) is 0 Å². The third-order valence-electron chi connectivity index (χ3n) is 6.46. The number of rotatable bonds is 4. The van der Waals surface area contributed by atoms with Crippen molar-refractivity contribution >= 4 is 5.97 Å². The Morgan fingerprint density at radius 1 is 1.05 bits per heavy atom. The van der Waals surface area contributed by atoms with Crippen LogP contribution in [0.3, 0.4) is 0 Å². The van der Waals surface area contributed by atoms with Crippen molar-refractivity contribution in [2.45, 2.75) is 75.4 Å². The van der Waals surface area contributed by atoms with Crippen molar-refractivity contribution < 1.29 is 9.90 Å². The van der Waals surface area contributed by atoms with E-state index in [-0.39, 0.29) is 0 Å². The van der Waals surface area contributed by atoms with Gasteiger partial charge in [-0.15, -0.1) is 0 Å². The molecule has 4 unspecified atom stereocenters. The third kappa shape index (κ3) is 2.61. The number of carboxylic acid groups (broad SMARTS) is 1. The Morgan fingerprint density at radius 3 is 2.38 bits per heavy atom. The summed E-state index contributed by atoms with van der Waals surface area (Å²) in [4.78, 5) is 14.6. The van der Waals surface area contributed by atoms with Crippen LogP contribution in [-0.2, 0) is 4.79 Å². The molecular weight excluding hydrogens is 264 g/mol. The quantitative estimate of drug-likeness (QED) is 0.834. The lowest BCUT2D eigenvalue weighted by molar-refractivity contribution is -0.147. The molecule has 0 radical (unpaired) electrons. The van der Waals surface area contributed by atoms with Gasteiger partial charge in [0.1, 0.15) is 5.54 Å². The molecule has 0 aromatic carbocycles. The maximum Gasteiger partial charge on any atom is 0.323 e. The van der Waals surface area contributed by atoms with E-state index >= 15 is 0 Å². The zero-order valence-corrected chi connectivity index (χ0v) is 12.9. The number of hydrogen-bond donors (Lipinski definition) is 2. The van der Waals surface area contributed by atoms with Gasteiger partial charge in [0, 0.05) is 25.2 Å². The van der Waals surface area contributed by atoms with E-state index in [1.54, 1.807) is 0 Å². The summed E-state index contributed by atoms with van der Waals surface area (Å²) in [6.07, 6.45) is 10.4. The molecule has 0 bridgehead atoms. The normalized spacial score (nSPS) is 43.9. The van der Waals surface area contributed by atoms with Gasteiger partial charge in [0.2, 0.25) is 0 Å². The van der Waals surface area contributed by atoms with Crippen molar-refractivity contribution in [3.8, 4) is 0 Å². The number of nitrogens with zero attached hydrogens (tertiary/aromatic N) is 1. The number of fused-ring (bicyclic) bond motifs is 1. The fraction of sp³-hybridized carbons (Fsp3) is 0.941. The van der Waals surface area contributed by atoms with Crippen LogP contribution < -0.4 is 5.32 Å². The van der Waals surface area contributed by atoms with Gasteiger partial charge in [0.25, 0.3) is 0 Å². The zero-order valence-electron chi connectivity index (χ0n) is 12.9. The van der Waals surface area contributed by atoms with Crippen molar-refractivity contribution in [1.82, 2.24) is 10.2 Å². The molecule has 0 spiro atoms. The van der Waals surface area contributed by atoms with Crippen molar-refractivity contribution in [2.75, 3.05) is 13.1 Å². The second kappa shape index (κ2) is 5.24. The summed E-state index contributed by atoms with van der Waals surface area (Å²) in [6.45, 7) is 2.46. The Morgan fingerprint density at radius 2 is 1.76 bits per heavy atom. The molecule has 3 aliphatic carbocycles. The van der Waals surface area contributed by atoms with Gasteiger partial charge in [0.05, 0.1) is 0 Å². The van der Waals surface area contributed by atoms with Crippen LogP contribution in [0.15, 0.2) is 0 Å². The summed E-state index contributed by atoms with van der Waals surface area (Å²) in [5.74, 6) is 1.20. The zero-order chi connectivity index (χ0) is 14.4. The number of likely N-dealkylation sites (tertiary alicyclic amines) is 1. The molecule has 3 saturated carbocycles. The predicted octanol–water partition coefficient (Wildman–Crippen LogP) is 2.24. The second-order valence-corrected chi connectivity index (χ2v) is 7.96. The maximum absolute atomic E-state index is 11.9. The first-order valence-electron chi connectivity index (χ1n) is 8.91. The maximum atomic E-state index is 11.9. The van der Waals surface area contributed by atoms with Crippen LogP contribution in [-0.4, -0.2) is 46.7 Å². The smallest absolute Gasteiger partial charge is 0.323 e. The first-order valence-corrected chi connectivity index (χ1v) is 8.91. The molecule has 4 heteroatoms. The first kappa shape index (κ1) is 14.0. The summed E-state index contributed by atoms with van der Waals surface area (Å²) < 4.78 is 0. The summed E-state index contributed by atoms with van der Waals surface area (Å²) >= 11 is 0. The number of carbonyl (C=O) groups is 1. The molecule has 1 aliphatic heterocycles. The Hall–Kier alpha value is -0.610. The molecular formula is C17H28N2O2. The van der Waals surface area contributed by atoms with E-state index in [4.69, 9.17) is 0 Å². The standard InChI is InChI=1S/C17H28N2O2/c20-16(21)17(18-14-6-7-14)8-2-5-15(9-17)19-10-12-3-1-4-13(12)11-19/h12-15,18H,1-11H2,(H,20,21). The SMILES string of the molecule is O=C(O)C1(NC2CC2)CCCC(N2CC3CCCC3C2)C1. The van der Waals surface area contributed by atoms with Gasteiger partial charge in [-0.1, -0.05) is 6.42 Å². The van der Waals surface area contributed by atoms with E-state index < -0.39 is 11.5 Å². The number of carboxylic acids is 1. The molecule has 4 atom stereocenters. The van der Waals surface area contributed by atoms with E-state index in [0.717, 1.165) is 43.9 Å². The van der Waals surface area contributed by atoms with Crippen LogP contribution in [0, 0.1) is 11.8 Å². The minimum Gasteiger partial charge on any atom is -0.480 e. The molecule has 118 valence electrons. The van der Waals surface area contributed by atoms with Crippen LogP contribution >= 0.6 is 0 Å². The van der Waals surface area contributed by atoms with E-state index in [1.807, 2.05) is 0 Å². The third-order valence-corrected chi connectivity index (χ3v) is 6.46. The van der Waals surface area contributed by atoms with E-state index in [0.29, 0.717) is 12.1 Å². The molecule has 1 heterocycles. The topological polar surface area (TPSA) is 52.6 Å². The molecule has 1 saturated heterocycles. The van der Waals surface area contributed by atoms with Crippen LogP contribution in [0.2, 0.25) is 0 Å². The molecule has 2 N–H and O–H groups in total. The lowest BCUT2D eigenvalue weighted by Crippen LogP contribution is -2.58. The highest BCUT2D eigenvalue weighted by Crippen LogP contribution is 2.42. The van der Waals surface area contributed by atoms with E-state index in [1.165, 1.54) is 38.8 Å². The molecule has 4 rings (SSSR count). The van der Waals surface area contributed by atoms with Crippen LogP contribution in [0.25, 0.3) is 0 Å². The molecule has 0 aromatic heterocycles.